The first-order chi connectivity index (χ1) is 12.5. The maximum Gasteiger partial charge on any atom is 0.254 e. The summed E-state index contributed by atoms with van der Waals surface area (Å²) in [5, 5.41) is 0. The molecule has 5 heteroatoms. The first-order valence-electron chi connectivity index (χ1n) is 8.89. The molecule has 2 aromatic carbocycles. The molecule has 0 radical (unpaired) electrons. The van der Waals surface area contributed by atoms with Gasteiger partial charge in [0.25, 0.3) is 5.91 Å². The average molecular weight is 353 g/mol. The Morgan fingerprint density at radius 2 is 1.88 bits per heavy atom. The highest BCUT2D eigenvalue weighted by Gasteiger charge is 2.41. The highest BCUT2D eigenvalue weighted by Crippen LogP contribution is 2.34. The Kier molecular flexibility index (Phi) is 4.32. The van der Waals surface area contributed by atoms with Gasteiger partial charge in [0.2, 0.25) is 6.79 Å². The van der Waals surface area contributed by atoms with Gasteiger partial charge in [0.15, 0.2) is 11.5 Å². The van der Waals surface area contributed by atoms with Gasteiger partial charge >= 0.3 is 0 Å². The lowest BCUT2D eigenvalue weighted by Crippen LogP contribution is -2.61. The fourth-order valence-electron chi connectivity index (χ4n) is 3.73. The van der Waals surface area contributed by atoms with Crippen molar-refractivity contribution in [3.8, 4) is 11.5 Å². The Hall–Kier alpha value is -2.53. The highest BCUT2D eigenvalue weighted by molar-refractivity contribution is 5.95. The van der Waals surface area contributed by atoms with Crippen LogP contribution in [0.2, 0.25) is 0 Å². The summed E-state index contributed by atoms with van der Waals surface area (Å²) in [4.78, 5) is 15.4. The van der Waals surface area contributed by atoms with Crippen LogP contribution in [0.1, 0.15) is 29.8 Å². The number of rotatable bonds is 3. The van der Waals surface area contributed by atoms with Crippen LogP contribution in [-0.2, 0) is 11.2 Å². The van der Waals surface area contributed by atoms with E-state index in [1.54, 1.807) is 18.2 Å². The summed E-state index contributed by atoms with van der Waals surface area (Å²) in [7, 11) is 0. The van der Waals surface area contributed by atoms with Crippen molar-refractivity contribution < 1.29 is 19.0 Å². The zero-order chi connectivity index (χ0) is 18.1. The average Bonchev–Trinajstić information content (AvgIpc) is 3.09. The van der Waals surface area contributed by atoms with Gasteiger partial charge in [-0.05, 0) is 44.0 Å². The third-order valence-electron chi connectivity index (χ3n) is 4.94. The Bertz CT molecular complexity index is 803. The SMILES string of the molecule is CC1(C)COCC(Cc2ccccc2)N1C(=O)c1ccc2c(c1)OCO2. The Labute approximate surface area is 153 Å². The number of amides is 1. The molecule has 1 unspecified atom stereocenters. The largest absolute Gasteiger partial charge is 0.454 e. The van der Waals surface area contributed by atoms with Crippen LogP contribution in [0.5, 0.6) is 11.5 Å². The van der Waals surface area contributed by atoms with Gasteiger partial charge in [-0.15, -0.1) is 0 Å². The lowest BCUT2D eigenvalue weighted by molar-refractivity contribution is -0.0703. The standard InChI is InChI=1S/C21H23NO4/c1-21(2)13-24-12-17(10-15-6-4-3-5-7-15)22(21)20(23)16-8-9-18-19(11-16)26-14-25-18/h3-9,11,17H,10,12-14H2,1-2H3. The maximum atomic E-state index is 13.4. The zero-order valence-corrected chi connectivity index (χ0v) is 15.1. The van der Waals surface area contributed by atoms with E-state index < -0.39 is 0 Å². The molecule has 2 aliphatic heterocycles. The fourth-order valence-corrected chi connectivity index (χ4v) is 3.73. The van der Waals surface area contributed by atoms with Gasteiger partial charge in [-0.2, -0.15) is 0 Å². The summed E-state index contributed by atoms with van der Waals surface area (Å²) in [5.74, 6) is 1.31. The van der Waals surface area contributed by atoms with Gasteiger partial charge in [0, 0.05) is 5.56 Å². The van der Waals surface area contributed by atoms with E-state index in [9.17, 15) is 4.79 Å². The van der Waals surface area contributed by atoms with Crippen LogP contribution >= 0.6 is 0 Å². The second-order valence-corrected chi connectivity index (χ2v) is 7.41. The molecule has 1 atom stereocenters. The molecule has 26 heavy (non-hydrogen) atoms. The quantitative estimate of drug-likeness (QED) is 0.850. The van der Waals surface area contributed by atoms with E-state index in [2.05, 4.69) is 26.0 Å². The van der Waals surface area contributed by atoms with E-state index in [-0.39, 0.29) is 24.3 Å². The van der Waals surface area contributed by atoms with E-state index in [4.69, 9.17) is 14.2 Å². The molecule has 5 nitrogen and oxygen atoms in total. The molecule has 0 saturated carbocycles. The molecule has 0 spiro atoms. The van der Waals surface area contributed by atoms with Crippen molar-refractivity contribution in [2.24, 2.45) is 0 Å². The van der Waals surface area contributed by atoms with Crippen molar-refractivity contribution in [1.82, 2.24) is 4.90 Å². The molecule has 1 saturated heterocycles. The predicted molar refractivity (Wildman–Crippen MR) is 97.6 cm³/mol. The molecular weight excluding hydrogens is 330 g/mol. The Balaban J connectivity index is 1.64. The van der Waals surface area contributed by atoms with Crippen molar-refractivity contribution in [1.29, 1.82) is 0 Å². The summed E-state index contributed by atoms with van der Waals surface area (Å²) in [6.07, 6.45) is 0.764. The van der Waals surface area contributed by atoms with E-state index >= 15 is 0 Å². The summed E-state index contributed by atoms with van der Waals surface area (Å²) in [6.45, 7) is 5.36. The molecule has 4 rings (SSSR count). The van der Waals surface area contributed by atoms with Crippen molar-refractivity contribution in [3.63, 3.8) is 0 Å². The molecular formula is C21H23NO4. The van der Waals surface area contributed by atoms with E-state index in [1.165, 1.54) is 5.56 Å². The lowest BCUT2D eigenvalue weighted by atomic mass is 9.94. The predicted octanol–water partition coefficient (Wildman–Crippen LogP) is 3.28. The van der Waals surface area contributed by atoms with Crippen molar-refractivity contribution in [3.05, 3.63) is 59.7 Å². The molecule has 0 aliphatic carbocycles. The molecule has 0 N–H and O–H groups in total. The van der Waals surface area contributed by atoms with Crippen molar-refractivity contribution >= 4 is 5.91 Å². The van der Waals surface area contributed by atoms with E-state index in [1.807, 2.05) is 23.1 Å². The first kappa shape index (κ1) is 16.9. The monoisotopic (exact) mass is 353 g/mol. The van der Waals surface area contributed by atoms with Gasteiger partial charge in [-0.3, -0.25) is 4.79 Å². The van der Waals surface area contributed by atoms with Crippen LogP contribution < -0.4 is 9.47 Å². The number of hydrogen-bond acceptors (Lipinski definition) is 4. The van der Waals surface area contributed by atoms with Gasteiger partial charge in [0.1, 0.15) is 0 Å². The number of benzene rings is 2. The Morgan fingerprint density at radius 3 is 2.69 bits per heavy atom. The van der Waals surface area contributed by atoms with Crippen molar-refractivity contribution in [2.45, 2.75) is 31.8 Å². The Morgan fingerprint density at radius 1 is 1.12 bits per heavy atom. The summed E-state index contributed by atoms with van der Waals surface area (Å²) in [6, 6.07) is 15.6. The summed E-state index contributed by atoms with van der Waals surface area (Å²) >= 11 is 0. The minimum atomic E-state index is -0.384. The number of carbonyl (C=O) groups excluding carboxylic acids is 1. The molecule has 0 bridgehead atoms. The number of carbonyl (C=O) groups is 1. The molecule has 2 heterocycles. The van der Waals surface area contributed by atoms with Crippen LogP contribution in [0.25, 0.3) is 0 Å². The minimum absolute atomic E-state index is 0.00229. The van der Waals surface area contributed by atoms with Gasteiger partial charge in [-0.25, -0.2) is 0 Å². The molecule has 1 fully saturated rings. The number of ether oxygens (including phenoxy) is 3. The zero-order valence-electron chi connectivity index (χ0n) is 15.1. The molecule has 136 valence electrons. The van der Waals surface area contributed by atoms with E-state index in [0.29, 0.717) is 30.3 Å². The summed E-state index contributed by atoms with van der Waals surface area (Å²) < 4.78 is 16.6. The lowest BCUT2D eigenvalue weighted by Gasteiger charge is -2.47. The smallest absolute Gasteiger partial charge is 0.254 e. The van der Waals surface area contributed by atoms with Gasteiger partial charge in [-0.1, -0.05) is 30.3 Å². The normalized spacial score (nSPS) is 20.8. The molecule has 2 aliphatic rings. The topological polar surface area (TPSA) is 48.0 Å². The van der Waals surface area contributed by atoms with Crippen LogP contribution in [0.15, 0.2) is 48.5 Å². The number of hydrogen-bond donors (Lipinski definition) is 0. The number of morpholine rings is 1. The first-order valence-corrected chi connectivity index (χ1v) is 8.89. The van der Waals surface area contributed by atoms with Crippen LogP contribution in [0.3, 0.4) is 0 Å². The second kappa shape index (κ2) is 6.65. The van der Waals surface area contributed by atoms with Crippen LogP contribution in [0, 0.1) is 0 Å². The third kappa shape index (κ3) is 3.15. The fraction of sp³-hybridized carbons (Fsp3) is 0.381. The summed E-state index contributed by atoms with van der Waals surface area (Å²) in [5.41, 5.74) is 1.43. The number of nitrogens with zero attached hydrogens (tertiary/aromatic N) is 1. The maximum absolute atomic E-state index is 13.4. The van der Waals surface area contributed by atoms with Crippen molar-refractivity contribution in [2.75, 3.05) is 20.0 Å². The highest BCUT2D eigenvalue weighted by atomic mass is 16.7. The molecule has 0 aromatic heterocycles. The molecule has 2 aromatic rings. The van der Waals surface area contributed by atoms with E-state index in [0.717, 1.165) is 6.42 Å². The third-order valence-corrected chi connectivity index (χ3v) is 4.94. The van der Waals surface area contributed by atoms with Gasteiger partial charge < -0.3 is 19.1 Å². The second-order valence-electron chi connectivity index (χ2n) is 7.41. The van der Waals surface area contributed by atoms with Gasteiger partial charge in [0.05, 0.1) is 24.8 Å². The minimum Gasteiger partial charge on any atom is -0.454 e. The molecule has 1 amide bonds. The van der Waals surface area contributed by atoms with Crippen LogP contribution in [0.4, 0.5) is 0 Å². The number of fused-ring (bicyclic) bond motifs is 1. The van der Waals surface area contributed by atoms with Crippen LogP contribution in [-0.4, -0.2) is 42.4 Å².